The number of nitrogens with zero attached hydrogens (tertiary/aromatic N) is 1. The second kappa shape index (κ2) is 8.96. The first-order chi connectivity index (χ1) is 11.9. The standard InChI is InChI=1S/C17H19BrN2O4S/c1-3-8-24-16(22)13-9-12(18)4-5-14(13)19-15(21)6-7-20-11(2)10-25-17(20)23/h4-5,9-10H,3,6-8H2,1-2H3,(H,19,21). The molecule has 0 aliphatic heterocycles. The van der Waals surface area contributed by atoms with E-state index in [-0.39, 0.29) is 17.2 Å². The first-order valence-electron chi connectivity index (χ1n) is 7.83. The zero-order valence-corrected chi connectivity index (χ0v) is 16.4. The van der Waals surface area contributed by atoms with Crippen LogP contribution in [0.4, 0.5) is 5.69 Å². The molecule has 0 saturated heterocycles. The number of hydrogen-bond donors (Lipinski definition) is 1. The van der Waals surface area contributed by atoms with Crippen LogP contribution >= 0.6 is 27.3 Å². The highest BCUT2D eigenvalue weighted by Gasteiger charge is 2.16. The molecule has 1 aromatic heterocycles. The lowest BCUT2D eigenvalue weighted by molar-refractivity contribution is -0.116. The van der Waals surface area contributed by atoms with Crippen LogP contribution < -0.4 is 10.2 Å². The molecule has 0 fully saturated rings. The van der Waals surface area contributed by atoms with Gasteiger partial charge in [-0.15, -0.1) is 0 Å². The van der Waals surface area contributed by atoms with Gasteiger partial charge in [-0.3, -0.25) is 9.59 Å². The second-order valence-corrected chi connectivity index (χ2v) is 7.15. The zero-order chi connectivity index (χ0) is 18.4. The molecule has 25 heavy (non-hydrogen) atoms. The highest BCUT2D eigenvalue weighted by Crippen LogP contribution is 2.22. The Bertz CT molecular complexity index is 828. The smallest absolute Gasteiger partial charge is 0.340 e. The van der Waals surface area contributed by atoms with Crippen molar-refractivity contribution in [1.82, 2.24) is 4.57 Å². The van der Waals surface area contributed by atoms with E-state index in [4.69, 9.17) is 4.74 Å². The highest BCUT2D eigenvalue weighted by atomic mass is 79.9. The fourth-order valence-corrected chi connectivity index (χ4v) is 3.29. The van der Waals surface area contributed by atoms with Crippen LogP contribution in [0.2, 0.25) is 0 Å². The van der Waals surface area contributed by atoms with Gasteiger partial charge in [-0.25, -0.2) is 4.79 Å². The molecule has 6 nitrogen and oxygen atoms in total. The van der Waals surface area contributed by atoms with Gasteiger partial charge in [0.05, 0.1) is 17.9 Å². The largest absolute Gasteiger partial charge is 0.462 e. The molecule has 0 bridgehead atoms. The van der Waals surface area contributed by atoms with Crippen molar-refractivity contribution in [2.24, 2.45) is 0 Å². The summed E-state index contributed by atoms with van der Waals surface area (Å²) in [6.07, 6.45) is 0.854. The molecule has 1 heterocycles. The van der Waals surface area contributed by atoms with E-state index in [1.807, 2.05) is 13.8 Å². The molecule has 0 atom stereocenters. The van der Waals surface area contributed by atoms with Crippen molar-refractivity contribution in [3.63, 3.8) is 0 Å². The maximum absolute atomic E-state index is 12.2. The number of esters is 1. The Morgan fingerprint density at radius 3 is 2.76 bits per heavy atom. The Labute approximate surface area is 157 Å². The van der Waals surface area contributed by atoms with Crippen molar-refractivity contribution in [3.8, 4) is 0 Å². The molecule has 0 spiro atoms. The molecule has 1 amide bonds. The van der Waals surface area contributed by atoms with Crippen LogP contribution in [0.1, 0.15) is 35.8 Å². The van der Waals surface area contributed by atoms with Gasteiger partial charge >= 0.3 is 10.8 Å². The Morgan fingerprint density at radius 1 is 1.36 bits per heavy atom. The molecule has 0 saturated carbocycles. The van der Waals surface area contributed by atoms with Gasteiger partial charge in [0, 0.05) is 28.5 Å². The molecule has 134 valence electrons. The van der Waals surface area contributed by atoms with E-state index in [1.54, 1.807) is 28.1 Å². The predicted molar refractivity (Wildman–Crippen MR) is 101 cm³/mol. The van der Waals surface area contributed by atoms with E-state index >= 15 is 0 Å². The van der Waals surface area contributed by atoms with Gasteiger partial charge in [-0.05, 0) is 31.5 Å². The number of benzene rings is 1. The monoisotopic (exact) mass is 426 g/mol. The minimum atomic E-state index is -0.483. The van der Waals surface area contributed by atoms with Crippen molar-refractivity contribution in [2.45, 2.75) is 33.2 Å². The van der Waals surface area contributed by atoms with Crippen molar-refractivity contribution in [1.29, 1.82) is 0 Å². The number of nitrogens with one attached hydrogen (secondary N) is 1. The van der Waals surface area contributed by atoms with E-state index in [2.05, 4.69) is 21.2 Å². The van der Waals surface area contributed by atoms with Crippen LogP contribution in [0, 0.1) is 6.92 Å². The van der Waals surface area contributed by atoms with Crippen LogP contribution in [0.5, 0.6) is 0 Å². The lowest BCUT2D eigenvalue weighted by Crippen LogP contribution is -2.21. The third kappa shape index (κ3) is 5.27. The van der Waals surface area contributed by atoms with Crippen molar-refractivity contribution in [3.05, 3.63) is 49.0 Å². The Balaban J connectivity index is 2.07. The maximum atomic E-state index is 12.2. The van der Waals surface area contributed by atoms with E-state index < -0.39 is 5.97 Å². The molecule has 0 radical (unpaired) electrons. The lowest BCUT2D eigenvalue weighted by atomic mass is 10.1. The fraction of sp³-hybridized carbons (Fsp3) is 0.353. The van der Waals surface area contributed by atoms with Gasteiger partial charge in [0.15, 0.2) is 0 Å². The minimum Gasteiger partial charge on any atom is -0.462 e. The van der Waals surface area contributed by atoms with Crippen LogP contribution in [0.25, 0.3) is 0 Å². The minimum absolute atomic E-state index is 0.0854. The predicted octanol–water partition coefficient (Wildman–Crippen LogP) is 3.58. The number of thiazole rings is 1. The number of carbonyl (C=O) groups excluding carboxylic acids is 2. The summed E-state index contributed by atoms with van der Waals surface area (Å²) in [7, 11) is 0. The second-order valence-electron chi connectivity index (χ2n) is 5.42. The molecule has 2 aromatic rings. The molecular formula is C17H19BrN2O4S. The average molecular weight is 427 g/mol. The van der Waals surface area contributed by atoms with Gasteiger partial charge in [0.25, 0.3) is 0 Å². The Hall–Kier alpha value is -1.93. The van der Waals surface area contributed by atoms with E-state index in [0.717, 1.165) is 27.9 Å². The summed E-state index contributed by atoms with van der Waals surface area (Å²) in [5.74, 6) is -0.757. The van der Waals surface area contributed by atoms with Gasteiger partial charge in [-0.2, -0.15) is 0 Å². The van der Waals surface area contributed by atoms with Gasteiger partial charge in [-0.1, -0.05) is 34.2 Å². The lowest BCUT2D eigenvalue weighted by Gasteiger charge is -2.12. The van der Waals surface area contributed by atoms with Crippen LogP contribution in [0.15, 0.2) is 32.8 Å². The van der Waals surface area contributed by atoms with Gasteiger partial charge in [0.2, 0.25) is 5.91 Å². The number of hydrogen-bond acceptors (Lipinski definition) is 5. The Kier molecular flexibility index (Phi) is 6.95. The number of halogens is 1. The third-order valence-corrected chi connectivity index (χ3v) is 4.83. The van der Waals surface area contributed by atoms with Crippen LogP contribution in [-0.4, -0.2) is 23.1 Å². The molecular weight excluding hydrogens is 408 g/mol. The van der Waals surface area contributed by atoms with Crippen LogP contribution in [-0.2, 0) is 16.1 Å². The van der Waals surface area contributed by atoms with E-state index in [9.17, 15) is 14.4 Å². The summed E-state index contributed by atoms with van der Waals surface area (Å²) in [6.45, 7) is 4.35. The highest BCUT2D eigenvalue weighted by molar-refractivity contribution is 9.10. The maximum Gasteiger partial charge on any atom is 0.340 e. The molecule has 1 aromatic carbocycles. The van der Waals surface area contributed by atoms with Crippen molar-refractivity contribution < 1.29 is 14.3 Å². The summed E-state index contributed by atoms with van der Waals surface area (Å²) in [4.78, 5) is 36.0. The number of rotatable bonds is 7. The first kappa shape index (κ1) is 19.4. The normalized spacial score (nSPS) is 10.5. The number of carbonyl (C=O) groups is 2. The molecule has 2 rings (SSSR count). The summed E-state index contributed by atoms with van der Waals surface area (Å²) in [5, 5.41) is 4.48. The fourth-order valence-electron chi connectivity index (χ4n) is 2.17. The van der Waals surface area contributed by atoms with E-state index in [1.165, 1.54) is 0 Å². The summed E-state index contributed by atoms with van der Waals surface area (Å²) >= 11 is 4.43. The van der Waals surface area contributed by atoms with Gasteiger partial charge in [0.1, 0.15) is 0 Å². The molecule has 8 heteroatoms. The summed E-state index contributed by atoms with van der Waals surface area (Å²) in [5.41, 5.74) is 1.51. The Morgan fingerprint density at radius 2 is 2.12 bits per heavy atom. The number of aromatic nitrogens is 1. The van der Waals surface area contributed by atoms with E-state index in [0.29, 0.717) is 24.4 Å². The first-order valence-corrected chi connectivity index (χ1v) is 9.51. The quantitative estimate of drug-likeness (QED) is 0.686. The van der Waals surface area contributed by atoms with Crippen molar-refractivity contribution >= 4 is 44.8 Å². The topological polar surface area (TPSA) is 77.4 Å². The molecule has 0 aliphatic rings. The average Bonchev–Trinajstić information content (AvgIpc) is 2.90. The molecule has 1 N–H and O–H groups in total. The van der Waals surface area contributed by atoms with Crippen molar-refractivity contribution in [2.75, 3.05) is 11.9 Å². The number of ether oxygens (including phenoxy) is 1. The van der Waals surface area contributed by atoms with Crippen LogP contribution in [0.3, 0.4) is 0 Å². The number of anilines is 1. The summed E-state index contributed by atoms with van der Waals surface area (Å²) < 4.78 is 7.42. The SMILES string of the molecule is CCCOC(=O)c1cc(Br)ccc1NC(=O)CCn1c(C)csc1=O. The molecule has 0 unspecified atom stereocenters. The molecule has 0 aliphatic carbocycles. The van der Waals surface area contributed by atoms with Gasteiger partial charge < -0.3 is 14.6 Å². The number of aryl methyl sites for hydroxylation is 1. The number of amides is 1. The summed E-state index contributed by atoms with van der Waals surface area (Å²) in [6, 6.07) is 4.99. The zero-order valence-electron chi connectivity index (χ0n) is 14.0. The third-order valence-electron chi connectivity index (χ3n) is 3.45.